The van der Waals surface area contributed by atoms with Gasteiger partial charge in [0.05, 0.1) is 5.38 Å². The smallest absolute Gasteiger partial charge is 0.165 e. The van der Waals surface area contributed by atoms with Crippen LogP contribution in [0.5, 0.6) is 5.75 Å². The Morgan fingerprint density at radius 1 is 1.44 bits per heavy atom. The van der Waals surface area contributed by atoms with Crippen LogP contribution in [0.15, 0.2) is 24.3 Å². The summed E-state index contributed by atoms with van der Waals surface area (Å²) in [5.74, 6) is -0.0865. The Hall–Kier alpha value is -0.800. The van der Waals surface area contributed by atoms with Crippen molar-refractivity contribution in [1.82, 2.24) is 0 Å². The molecule has 1 fully saturated rings. The molecule has 4 heteroatoms. The summed E-state index contributed by atoms with van der Waals surface area (Å²) in [6, 6.07) is 6.36. The zero-order valence-electron chi connectivity index (χ0n) is 9.03. The molecule has 3 atom stereocenters. The monoisotopic (exact) mass is 244 g/mol. The second-order valence-electron chi connectivity index (χ2n) is 3.76. The molecular formula is C12H14ClFO2. The maximum Gasteiger partial charge on any atom is 0.165 e. The summed E-state index contributed by atoms with van der Waals surface area (Å²) in [4.78, 5) is 0. The van der Waals surface area contributed by atoms with Crippen molar-refractivity contribution in [2.75, 3.05) is 6.61 Å². The number of benzene rings is 1. The molecule has 0 amide bonds. The fourth-order valence-electron chi connectivity index (χ4n) is 1.75. The molecule has 2 rings (SSSR count). The van der Waals surface area contributed by atoms with Crippen molar-refractivity contribution in [3.8, 4) is 5.75 Å². The van der Waals surface area contributed by atoms with E-state index in [1.807, 2.05) is 6.92 Å². The van der Waals surface area contributed by atoms with Gasteiger partial charge in [0.15, 0.2) is 11.6 Å². The minimum atomic E-state index is -0.351. The van der Waals surface area contributed by atoms with E-state index in [0.29, 0.717) is 13.0 Å². The van der Waals surface area contributed by atoms with Gasteiger partial charge in [-0.25, -0.2) is 4.39 Å². The molecule has 0 aromatic heterocycles. The van der Waals surface area contributed by atoms with Crippen molar-refractivity contribution in [2.45, 2.75) is 30.9 Å². The van der Waals surface area contributed by atoms with E-state index in [1.165, 1.54) is 6.07 Å². The van der Waals surface area contributed by atoms with Gasteiger partial charge in [-0.3, -0.25) is 0 Å². The van der Waals surface area contributed by atoms with E-state index in [-0.39, 0.29) is 29.2 Å². The van der Waals surface area contributed by atoms with Crippen molar-refractivity contribution in [1.29, 1.82) is 0 Å². The van der Waals surface area contributed by atoms with Gasteiger partial charge in [-0.1, -0.05) is 12.1 Å². The summed E-state index contributed by atoms with van der Waals surface area (Å²) in [6.45, 7) is 2.49. The highest BCUT2D eigenvalue weighted by molar-refractivity contribution is 6.21. The SMILES string of the molecule is CCOC1C(Cl)CC1Oc1ccccc1F. The summed E-state index contributed by atoms with van der Waals surface area (Å²) < 4.78 is 24.3. The first-order valence-electron chi connectivity index (χ1n) is 5.39. The van der Waals surface area contributed by atoms with E-state index in [1.54, 1.807) is 18.2 Å². The number of halogens is 2. The van der Waals surface area contributed by atoms with E-state index in [0.717, 1.165) is 0 Å². The van der Waals surface area contributed by atoms with E-state index in [4.69, 9.17) is 21.1 Å². The number of rotatable bonds is 4. The fourth-order valence-corrected chi connectivity index (χ4v) is 2.16. The van der Waals surface area contributed by atoms with Crippen LogP contribution in [0.4, 0.5) is 4.39 Å². The molecule has 0 bridgehead atoms. The molecule has 1 saturated carbocycles. The van der Waals surface area contributed by atoms with Gasteiger partial charge < -0.3 is 9.47 Å². The van der Waals surface area contributed by atoms with Gasteiger partial charge >= 0.3 is 0 Å². The molecule has 1 aromatic rings. The standard InChI is InChI=1S/C12H14ClFO2/c1-2-15-12-8(13)7-11(12)16-10-6-4-3-5-9(10)14/h3-6,8,11-12H,2,7H2,1H3. The van der Waals surface area contributed by atoms with Crippen LogP contribution in [-0.4, -0.2) is 24.2 Å². The highest BCUT2D eigenvalue weighted by atomic mass is 35.5. The summed E-state index contributed by atoms with van der Waals surface area (Å²) in [6.07, 6.45) is 0.422. The first-order valence-corrected chi connectivity index (χ1v) is 5.83. The van der Waals surface area contributed by atoms with E-state index >= 15 is 0 Å². The fraction of sp³-hybridized carbons (Fsp3) is 0.500. The molecule has 0 N–H and O–H groups in total. The Bertz CT molecular complexity index is 359. The largest absolute Gasteiger partial charge is 0.485 e. The second kappa shape index (κ2) is 5.02. The summed E-state index contributed by atoms with van der Waals surface area (Å²) in [5, 5.41) is -0.0308. The summed E-state index contributed by atoms with van der Waals surface area (Å²) >= 11 is 6.00. The predicted octanol–water partition coefficient (Wildman–Crippen LogP) is 2.99. The topological polar surface area (TPSA) is 18.5 Å². The van der Waals surface area contributed by atoms with Gasteiger partial charge in [0.25, 0.3) is 0 Å². The molecule has 0 aliphatic heterocycles. The van der Waals surface area contributed by atoms with Crippen LogP contribution in [0.1, 0.15) is 13.3 Å². The Balaban J connectivity index is 1.98. The molecule has 3 unspecified atom stereocenters. The molecule has 0 spiro atoms. The zero-order valence-corrected chi connectivity index (χ0v) is 9.78. The Labute approximate surface area is 99.3 Å². The molecule has 0 heterocycles. The minimum Gasteiger partial charge on any atom is -0.485 e. The first-order chi connectivity index (χ1) is 7.72. The third-order valence-corrected chi connectivity index (χ3v) is 3.08. The molecule has 1 aliphatic carbocycles. The van der Waals surface area contributed by atoms with E-state index < -0.39 is 0 Å². The van der Waals surface area contributed by atoms with Crippen molar-refractivity contribution in [3.63, 3.8) is 0 Å². The Kier molecular flexibility index (Phi) is 3.66. The molecule has 0 saturated heterocycles. The molecule has 2 nitrogen and oxygen atoms in total. The molecule has 16 heavy (non-hydrogen) atoms. The van der Waals surface area contributed by atoms with Crippen molar-refractivity contribution < 1.29 is 13.9 Å². The van der Waals surface area contributed by atoms with Gasteiger partial charge in [-0.05, 0) is 19.1 Å². The average molecular weight is 245 g/mol. The van der Waals surface area contributed by atoms with Crippen molar-refractivity contribution >= 4 is 11.6 Å². The van der Waals surface area contributed by atoms with E-state index in [9.17, 15) is 4.39 Å². The van der Waals surface area contributed by atoms with E-state index in [2.05, 4.69) is 0 Å². The first kappa shape index (κ1) is 11.7. The summed E-state index contributed by atoms with van der Waals surface area (Å²) in [5.41, 5.74) is 0. The third-order valence-electron chi connectivity index (χ3n) is 2.65. The molecular weight excluding hydrogens is 231 g/mol. The van der Waals surface area contributed by atoms with Gasteiger partial charge in [-0.15, -0.1) is 11.6 Å². The predicted molar refractivity (Wildman–Crippen MR) is 60.5 cm³/mol. The maximum atomic E-state index is 13.3. The van der Waals surface area contributed by atoms with Gasteiger partial charge in [-0.2, -0.15) is 0 Å². The number of alkyl halides is 1. The zero-order chi connectivity index (χ0) is 11.5. The molecule has 88 valence electrons. The van der Waals surface area contributed by atoms with Gasteiger partial charge in [0.1, 0.15) is 12.2 Å². The number of hydrogen-bond acceptors (Lipinski definition) is 2. The normalized spacial score (nSPS) is 28.6. The van der Waals surface area contributed by atoms with Gasteiger partial charge in [0.2, 0.25) is 0 Å². The van der Waals surface area contributed by atoms with Crippen LogP contribution < -0.4 is 4.74 Å². The average Bonchev–Trinajstić information content (AvgIpc) is 2.28. The molecule has 1 aliphatic rings. The third kappa shape index (κ3) is 2.30. The minimum absolute atomic E-state index is 0.0308. The molecule has 0 radical (unpaired) electrons. The lowest BCUT2D eigenvalue weighted by Gasteiger charge is -2.40. The quantitative estimate of drug-likeness (QED) is 0.758. The second-order valence-corrected chi connectivity index (χ2v) is 4.32. The van der Waals surface area contributed by atoms with Crippen LogP contribution in [0, 0.1) is 5.82 Å². The van der Waals surface area contributed by atoms with Crippen LogP contribution in [0.3, 0.4) is 0 Å². The summed E-state index contributed by atoms with van der Waals surface area (Å²) in [7, 11) is 0. The molecule has 1 aromatic carbocycles. The Morgan fingerprint density at radius 2 is 2.19 bits per heavy atom. The van der Waals surface area contributed by atoms with Crippen LogP contribution in [0.25, 0.3) is 0 Å². The van der Waals surface area contributed by atoms with Crippen molar-refractivity contribution in [2.24, 2.45) is 0 Å². The lowest BCUT2D eigenvalue weighted by Crippen LogP contribution is -2.52. The number of hydrogen-bond donors (Lipinski definition) is 0. The van der Waals surface area contributed by atoms with Gasteiger partial charge in [0, 0.05) is 13.0 Å². The lowest BCUT2D eigenvalue weighted by atomic mass is 9.91. The van der Waals surface area contributed by atoms with Crippen LogP contribution in [-0.2, 0) is 4.74 Å². The highest BCUT2D eigenvalue weighted by Crippen LogP contribution is 2.33. The van der Waals surface area contributed by atoms with Crippen molar-refractivity contribution in [3.05, 3.63) is 30.1 Å². The maximum absolute atomic E-state index is 13.3. The number of ether oxygens (including phenoxy) is 2. The van der Waals surface area contributed by atoms with Crippen LogP contribution in [0.2, 0.25) is 0 Å². The lowest BCUT2D eigenvalue weighted by molar-refractivity contribution is -0.0770. The van der Waals surface area contributed by atoms with Crippen LogP contribution >= 0.6 is 11.6 Å². The highest BCUT2D eigenvalue weighted by Gasteiger charge is 2.42. The number of para-hydroxylation sites is 1. The Morgan fingerprint density at radius 3 is 2.81 bits per heavy atom.